The van der Waals surface area contributed by atoms with E-state index in [1.165, 1.54) is 0 Å². The Hall–Kier alpha value is -2.44. The van der Waals surface area contributed by atoms with Crippen molar-refractivity contribution < 1.29 is 14.7 Å². The zero-order valence-electron chi connectivity index (χ0n) is 13.8. The minimum atomic E-state index is -0.493. The number of carbonyl (C=O) groups is 1. The summed E-state index contributed by atoms with van der Waals surface area (Å²) in [6, 6.07) is 7.48. The van der Waals surface area contributed by atoms with Crippen molar-refractivity contribution in [1.82, 2.24) is 4.90 Å². The van der Waals surface area contributed by atoms with Gasteiger partial charge >= 0.3 is 6.09 Å². The van der Waals surface area contributed by atoms with Gasteiger partial charge in [-0.05, 0) is 32.9 Å². The molecule has 1 fully saturated rings. The van der Waals surface area contributed by atoms with Crippen LogP contribution in [0.5, 0.6) is 0 Å². The summed E-state index contributed by atoms with van der Waals surface area (Å²) in [5, 5.41) is 12.0. The van der Waals surface area contributed by atoms with E-state index < -0.39 is 5.60 Å². The number of benzene rings is 1. The van der Waals surface area contributed by atoms with Crippen LogP contribution in [0.15, 0.2) is 29.4 Å². The monoisotopic (exact) mass is 320 g/mol. The highest BCUT2D eigenvalue weighted by Gasteiger charge is 2.26. The maximum atomic E-state index is 12.1. The quantitative estimate of drug-likeness (QED) is 0.375. The smallest absolute Gasteiger partial charge is 0.410 e. The largest absolute Gasteiger partial charge is 0.444 e. The molecule has 1 aromatic rings. The van der Waals surface area contributed by atoms with E-state index in [9.17, 15) is 4.79 Å². The van der Waals surface area contributed by atoms with E-state index in [2.05, 4.69) is 10.1 Å². The molecule has 0 unspecified atom stereocenters. The van der Waals surface area contributed by atoms with E-state index in [-0.39, 0.29) is 11.9 Å². The lowest BCUT2D eigenvalue weighted by Gasteiger charge is -2.37. The second kappa shape index (κ2) is 6.76. The molecule has 1 aliphatic rings. The Morgan fingerprint density at radius 1 is 1.22 bits per heavy atom. The number of nitrogens with two attached hydrogens (primary N) is 1. The Morgan fingerprint density at radius 3 is 2.39 bits per heavy atom. The first-order valence-electron chi connectivity index (χ1n) is 7.61. The molecule has 0 bridgehead atoms. The Kier molecular flexibility index (Phi) is 4.98. The third-order valence-electron chi connectivity index (χ3n) is 3.56. The molecule has 1 heterocycles. The number of amidine groups is 1. The second-order valence-corrected chi connectivity index (χ2v) is 6.46. The normalized spacial score (nSPS) is 16.4. The van der Waals surface area contributed by atoms with Gasteiger partial charge in [-0.3, -0.25) is 0 Å². The molecule has 0 aromatic heterocycles. The van der Waals surface area contributed by atoms with Crippen molar-refractivity contribution in [2.75, 3.05) is 31.1 Å². The van der Waals surface area contributed by atoms with Crippen LogP contribution in [0.2, 0.25) is 0 Å². The summed E-state index contributed by atoms with van der Waals surface area (Å²) < 4.78 is 5.39. The molecule has 1 amide bonds. The van der Waals surface area contributed by atoms with Crippen LogP contribution in [0, 0.1) is 0 Å². The Labute approximate surface area is 136 Å². The lowest BCUT2D eigenvalue weighted by Crippen LogP contribution is -2.50. The zero-order chi connectivity index (χ0) is 17.0. The molecule has 0 radical (unpaired) electrons. The maximum Gasteiger partial charge on any atom is 0.410 e. The van der Waals surface area contributed by atoms with E-state index in [4.69, 9.17) is 15.7 Å². The van der Waals surface area contributed by atoms with E-state index in [1.54, 1.807) is 4.90 Å². The summed E-state index contributed by atoms with van der Waals surface area (Å²) in [4.78, 5) is 15.9. The molecule has 7 heteroatoms. The SMILES string of the molecule is CC(C)(C)OC(=O)N1CCN(c2ccccc2/C(N)=N/O)CC1. The highest BCUT2D eigenvalue weighted by Crippen LogP contribution is 2.22. The minimum absolute atomic E-state index is 0.0789. The fraction of sp³-hybridized carbons (Fsp3) is 0.500. The van der Waals surface area contributed by atoms with Gasteiger partial charge in [-0.15, -0.1) is 0 Å². The Balaban J connectivity index is 2.04. The number of ether oxygens (including phenoxy) is 1. The highest BCUT2D eigenvalue weighted by atomic mass is 16.6. The topological polar surface area (TPSA) is 91.4 Å². The number of piperazine rings is 1. The van der Waals surface area contributed by atoms with Crippen molar-refractivity contribution in [3.05, 3.63) is 29.8 Å². The number of carbonyl (C=O) groups excluding carboxylic acids is 1. The lowest BCUT2D eigenvalue weighted by molar-refractivity contribution is 0.0240. The molecule has 0 spiro atoms. The van der Waals surface area contributed by atoms with Crippen molar-refractivity contribution in [3.63, 3.8) is 0 Å². The van der Waals surface area contributed by atoms with Gasteiger partial charge in [0.2, 0.25) is 0 Å². The minimum Gasteiger partial charge on any atom is -0.444 e. The zero-order valence-corrected chi connectivity index (χ0v) is 13.8. The van der Waals surface area contributed by atoms with Gasteiger partial charge in [0.15, 0.2) is 5.84 Å². The van der Waals surface area contributed by atoms with Gasteiger partial charge in [-0.2, -0.15) is 0 Å². The third-order valence-corrected chi connectivity index (χ3v) is 3.56. The molecular formula is C16H24N4O3. The van der Waals surface area contributed by atoms with Crippen molar-refractivity contribution in [2.24, 2.45) is 10.9 Å². The van der Waals surface area contributed by atoms with Gasteiger partial charge in [-0.1, -0.05) is 17.3 Å². The van der Waals surface area contributed by atoms with Crippen LogP contribution in [-0.4, -0.2) is 53.8 Å². The van der Waals surface area contributed by atoms with Crippen molar-refractivity contribution in [3.8, 4) is 0 Å². The number of rotatable bonds is 2. The predicted molar refractivity (Wildman–Crippen MR) is 89.0 cm³/mol. The van der Waals surface area contributed by atoms with Gasteiger partial charge < -0.3 is 25.5 Å². The fourth-order valence-corrected chi connectivity index (χ4v) is 2.48. The Morgan fingerprint density at radius 2 is 1.83 bits per heavy atom. The molecule has 1 aromatic carbocycles. The average Bonchev–Trinajstić information content (AvgIpc) is 2.52. The molecule has 0 aliphatic carbocycles. The molecule has 23 heavy (non-hydrogen) atoms. The number of hydrogen-bond acceptors (Lipinski definition) is 5. The number of amides is 1. The summed E-state index contributed by atoms with van der Waals surface area (Å²) in [6.07, 6.45) is -0.290. The Bertz CT molecular complexity index is 587. The highest BCUT2D eigenvalue weighted by molar-refractivity contribution is 6.02. The molecule has 0 atom stereocenters. The second-order valence-electron chi connectivity index (χ2n) is 6.46. The predicted octanol–water partition coefficient (Wildman–Crippen LogP) is 1.84. The first-order chi connectivity index (χ1) is 10.8. The third kappa shape index (κ3) is 4.28. The fourth-order valence-electron chi connectivity index (χ4n) is 2.48. The molecule has 3 N–H and O–H groups in total. The summed E-state index contributed by atoms with van der Waals surface area (Å²) >= 11 is 0. The molecular weight excluding hydrogens is 296 g/mol. The summed E-state index contributed by atoms with van der Waals surface area (Å²) in [5.74, 6) is 0.0789. The van der Waals surface area contributed by atoms with Gasteiger partial charge in [0.05, 0.1) is 0 Å². The van der Waals surface area contributed by atoms with Gasteiger partial charge in [0.1, 0.15) is 5.60 Å². The van der Waals surface area contributed by atoms with E-state index in [0.717, 1.165) is 5.69 Å². The van der Waals surface area contributed by atoms with Crippen LogP contribution >= 0.6 is 0 Å². The van der Waals surface area contributed by atoms with Gasteiger partial charge in [0.25, 0.3) is 0 Å². The number of anilines is 1. The van der Waals surface area contributed by atoms with Crippen LogP contribution in [0.4, 0.5) is 10.5 Å². The average molecular weight is 320 g/mol. The molecule has 1 aliphatic heterocycles. The molecule has 126 valence electrons. The number of hydrogen-bond donors (Lipinski definition) is 2. The lowest BCUT2D eigenvalue weighted by atomic mass is 10.1. The summed E-state index contributed by atoms with van der Waals surface area (Å²) in [5.41, 5.74) is 6.82. The van der Waals surface area contributed by atoms with Crippen LogP contribution in [-0.2, 0) is 4.74 Å². The van der Waals surface area contributed by atoms with Crippen LogP contribution < -0.4 is 10.6 Å². The van der Waals surface area contributed by atoms with Crippen molar-refractivity contribution >= 4 is 17.6 Å². The summed E-state index contributed by atoms with van der Waals surface area (Å²) in [7, 11) is 0. The summed E-state index contributed by atoms with van der Waals surface area (Å²) in [6.45, 7) is 8.03. The van der Waals surface area contributed by atoms with E-state index >= 15 is 0 Å². The first kappa shape index (κ1) is 16.9. The molecule has 2 rings (SSSR count). The van der Waals surface area contributed by atoms with Crippen LogP contribution in [0.1, 0.15) is 26.3 Å². The first-order valence-corrected chi connectivity index (χ1v) is 7.61. The molecule has 7 nitrogen and oxygen atoms in total. The van der Waals surface area contributed by atoms with E-state index in [0.29, 0.717) is 31.7 Å². The van der Waals surface area contributed by atoms with Crippen LogP contribution in [0.25, 0.3) is 0 Å². The van der Waals surface area contributed by atoms with Gasteiger partial charge in [0, 0.05) is 37.4 Å². The van der Waals surface area contributed by atoms with Crippen molar-refractivity contribution in [2.45, 2.75) is 26.4 Å². The van der Waals surface area contributed by atoms with Crippen molar-refractivity contribution in [1.29, 1.82) is 0 Å². The standard InChI is InChI=1S/C16H24N4O3/c1-16(2,3)23-15(21)20-10-8-19(9-11-20)13-7-5-4-6-12(13)14(17)18-22/h4-7,22H,8-11H2,1-3H3,(H2,17,18). The number of nitrogens with zero attached hydrogens (tertiary/aromatic N) is 3. The van der Waals surface area contributed by atoms with Crippen LogP contribution in [0.3, 0.4) is 0 Å². The van der Waals surface area contributed by atoms with E-state index in [1.807, 2.05) is 45.0 Å². The molecule has 0 saturated carbocycles. The van der Waals surface area contributed by atoms with Gasteiger partial charge in [-0.25, -0.2) is 4.79 Å². The molecule has 1 saturated heterocycles. The number of para-hydroxylation sites is 1. The maximum absolute atomic E-state index is 12.1. The number of oxime groups is 1.